The molecule has 0 spiro atoms. The zero-order valence-corrected chi connectivity index (χ0v) is 20.0. The van der Waals surface area contributed by atoms with Crippen molar-refractivity contribution in [2.24, 2.45) is 0 Å². The van der Waals surface area contributed by atoms with Crippen LogP contribution in [0.5, 0.6) is 0 Å². The largest absolute Gasteiger partial charge is 0.459 e. The third-order valence-corrected chi connectivity index (χ3v) is 6.22. The maximum Gasteiger partial charge on any atom is 0.287 e. The summed E-state index contributed by atoms with van der Waals surface area (Å²) in [5.41, 5.74) is 1.88. The first-order chi connectivity index (χ1) is 16.5. The lowest BCUT2D eigenvalue weighted by molar-refractivity contribution is -0.141. The zero-order chi connectivity index (χ0) is 24.3. The molecule has 3 amide bonds. The zero-order valence-electron chi connectivity index (χ0n) is 20.0. The Hall–Kier alpha value is -3.13. The SMILES string of the molecule is CCc1ccc(C(C(=O)NC2CCCCC2)N(CCOC)C(=O)CNC(=O)c2ccco2)cc1. The second-order valence-corrected chi connectivity index (χ2v) is 8.58. The average molecular weight is 470 g/mol. The summed E-state index contributed by atoms with van der Waals surface area (Å²) in [6, 6.07) is 10.2. The van der Waals surface area contributed by atoms with Gasteiger partial charge in [-0.1, -0.05) is 50.5 Å². The first-order valence-corrected chi connectivity index (χ1v) is 12.0. The van der Waals surface area contributed by atoms with Crippen molar-refractivity contribution < 1.29 is 23.5 Å². The van der Waals surface area contributed by atoms with Crippen molar-refractivity contribution in [2.45, 2.75) is 57.5 Å². The Morgan fingerprint density at radius 2 is 1.85 bits per heavy atom. The number of hydrogen-bond acceptors (Lipinski definition) is 5. The van der Waals surface area contributed by atoms with Crippen LogP contribution in [-0.4, -0.2) is 55.5 Å². The maximum absolute atomic E-state index is 13.6. The molecule has 34 heavy (non-hydrogen) atoms. The molecule has 3 rings (SSSR count). The van der Waals surface area contributed by atoms with Gasteiger partial charge < -0.3 is 24.7 Å². The Labute approximate surface area is 201 Å². The molecule has 1 fully saturated rings. The molecule has 1 aliphatic rings. The van der Waals surface area contributed by atoms with Crippen LogP contribution in [0.3, 0.4) is 0 Å². The van der Waals surface area contributed by atoms with Crippen LogP contribution in [0.1, 0.15) is 66.8 Å². The number of aryl methyl sites for hydroxylation is 1. The highest BCUT2D eigenvalue weighted by Gasteiger charge is 2.33. The lowest BCUT2D eigenvalue weighted by Crippen LogP contribution is -2.50. The van der Waals surface area contributed by atoms with Crippen LogP contribution in [0.15, 0.2) is 47.1 Å². The van der Waals surface area contributed by atoms with Gasteiger partial charge in [-0.25, -0.2) is 0 Å². The minimum Gasteiger partial charge on any atom is -0.459 e. The lowest BCUT2D eigenvalue weighted by atomic mass is 9.94. The number of nitrogens with one attached hydrogen (secondary N) is 2. The van der Waals surface area contributed by atoms with Gasteiger partial charge in [0, 0.05) is 19.7 Å². The first kappa shape index (κ1) is 25.5. The minimum atomic E-state index is -0.823. The van der Waals surface area contributed by atoms with E-state index in [9.17, 15) is 14.4 Å². The van der Waals surface area contributed by atoms with E-state index in [1.807, 2.05) is 24.3 Å². The molecule has 1 unspecified atom stereocenters. The van der Waals surface area contributed by atoms with Gasteiger partial charge >= 0.3 is 0 Å². The average Bonchev–Trinajstić information content (AvgIpc) is 3.41. The Morgan fingerprint density at radius 3 is 2.47 bits per heavy atom. The van der Waals surface area contributed by atoms with E-state index in [2.05, 4.69) is 17.6 Å². The van der Waals surface area contributed by atoms with Crippen molar-refractivity contribution in [3.63, 3.8) is 0 Å². The molecule has 1 aliphatic carbocycles. The molecule has 0 radical (unpaired) electrons. The van der Waals surface area contributed by atoms with Gasteiger partial charge in [0.05, 0.1) is 19.4 Å². The number of hydrogen-bond donors (Lipinski definition) is 2. The molecule has 1 aromatic heterocycles. The van der Waals surface area contributed by atoms with Crippen molar-refractivity contribution in [1.82, 2.24) is 15.5 Å². The topological polar surface area (TPSA) is 101 Å². The van der Waals surface area contributed by atoms with E-state index >= 15 is 0 Å². The minimum absolute atomic E-state index is 0.108. The third kappa shape index (κ3) is 6.93. The summed E-state index contributed by atoms with van der Waals surface area (Å²) in [7, 11) is 1.55. The summed E-state index contributed by atoms with van der Waals surface area (Å²) in [6.45, 7) is 2.28. The number of carbonyl (C=O) groups is 3. The highest BCUT2D eigenvalue weighted by Crippen LogP contribution is 2.24. The van der Waals surface area contributed by atoms with Crippen LogP contribution in [0, 0.1) is 0 Å². The normalized spacial score (nSPS) is 14.9. The fourth-order valence-electron chi connectivity index (χ4n) is 4.28. The summed E-state index contributed by atoms with van der Waals surface area (Å²) in [6.07, 6.45) is 7.52. The Kier molecular flexibility index (Phi) is 9.70. The van der Waals surface area contributed by atoms with Gasteiger partial charge in [-0.15, -0.1) is 0 Å². The van der Waals surface area contributed by atoms with E-state index in [1.165, 1.54) is 23.7 Å². The molecule has 1 heterocycles. The molecule has 184 valence electrons. The van der Waals surface area contributed by atoms with Gasteiger partial charge in [-0.2, -0.15) is 0 Å². The van der Waals surface area contributed by atoms with E-state index in [1.54, 1.807) is 13.2 Å². The van der Waals surface area contributed by atoms with Crippen LogP contribution in [0.2, 0.25) is 0 Å². The van der Waals surface area contributed by atoms with Crippen molar-refractivity contribution in [2.75, 3.05) is 26.8 Å². The van der Waals surface area contributed by atoms with E-state index < -0.39 is 11.9 Å². The fourth-order valence-corrected chi connectivity index (χ4v) is 4.28. The molecular formula is C26H35N3O5. The van der Waals surface area contributed by atoms with Crippen LogP contribution in [-0.2, 0) is 20.7 Å². The standard InChI is InChI=1S/C26H35N3O5/c1-3-19-11-13-20(14-12-19)24(26(32)28-21-8-5-4-6-9-21)29(15-17-33-2)23(30)18-27-25(31)22-10-7-16-34-22/h7,10-14,16,21,24H,3-6,8-9,15,17-18H2,1-2H3,(H,27,31)(H,28,32). The van der Waals surface area contributed by atoms with Crippen LogP contribution in [0.25, 0.3) is 0 Å². The number of ether oxygens (including phenoxy) is 1. The molecular weight excluding hydrogens is 434 g/mol. The fraction of sp³-hybridized carbons (Fsp3) is 0.500. The summed E-state index contributed by atoms with van der Waals surface area (Å²) in [5.74, 6) is -0.947. The monoisotopic (exact) mass is 469 g/mol. The van der Waals surface area contributed by atoms with Gasteiger partial charge in [0.25, 0.3) is 5.91 Å². The summed E-state index contributed by atoms with van der Waals surface area (Å²) in [5, 5.41) is 5.76. The smallest absolute Gasteiger partial charge is 0.287 e. The van der Waals surface area contributed by atoms with E-state index in [0.717, 1.165) is 43.2 Å². The summed E-state index contributed by atoms with van der Waals surface area (Å²) in [4.78, 5) is 40.6. The number of benzene rings is 1. The predicted octanol–water partition coefficient (Wildman–Crippen LogP) is 3.24. The number of amides is 3. The van der Waals surface area contributed by atoms with Crippen LogP contribution < -0.4 is 10.6 Å². The predicted molar refractivity (Wildman–Crippen MR) is 128 cm³/mol. The molecule has 1 aromatic carbocycles. The highest BCUT2D eigenvalue weighted by molar-refractivity contribution is 5.95. The molecule has 2 N–H and O–H groups in total. The molecule has 1 saturated carbocycles. The molecule has 0 saturated heterocycles. The van der Waals surface area contributed by atoms with Crippen LogP contribution in [0.4, 0.5) is 0 Å². The summed E-state index contributed by atoms with van der Waals surface area (Å²) >= 11 is 0. The number of carbonyl (C=O) groups excluding carboxylic acids is 3. The van der Waals surface area contributed by atoms with Gasteiger partial charge in [-0.3, -0.25) is 14.4 Å². The number of methoxy groups -OCH3 is 1. The van der Waals surface area contributed by atoms with Crippen molar-refractivity contribution in [1.29, 1.82) is 0 Å². The van der Waals surface area contributed by atoms with E-state index in [4.69, 9.17) is 9.15 Å². The molecule has 8 heteroatoms. The second kappa shape index (κ2) is 12.9. The molecule has 8 nitrogen and oxygen atoms in total. The number of furan rings is 1. The number of rotatable bonds is 11. The van der Waals surface area contributed by atoms with E-state index in [-0.39, 0.29) is 43.3 Å². The number of nitrogens with zero attached hydrogens (tertiary/aromatic N) is 1. The van der Waals surface area contributed by atoms with Gasteiger partial charge in [0.15, 0.2) is 5.76 Å². The molecule has 2 aromatic rings. The van der Waals surface area contributed by atoms with Crippen molar-refractivity contribution in [3.05, 3.63) is 59.5 Å². The Bertz CT molecular complexity index is 920. The molecule has 0 bridgehead atoms. The van der Waals surface area contributed by atoms with Gasteiger partial charge in [0.2, 0.25) is 11.8 Å². The van der Waals surface area contributed by atoms with Gasteiger partial charge in [0.1, 0.15) is 6.04 Å². The third-order valence-electron chi connectivity index (χ3n) is 6.22. The Balaban J connectivity index is 1.82. The molecule has 1 atom stereocenters. The highest BCUT2D eigenvalue weighted by atomic mass is 16.5. The summed E-state index contributed by atoms with van der Waals surface area (Å²) < 4.78 is 10.3. The Morgan fingerprint density at radius 1 is 1.12 bits per heavy atom. The second-order valence-electron chi connectivity index (χ2n) is 8.58. The lowest BCUT2D eigenvalue weighted by Gasteiger charge is -2.33. The van der Waals surface area contributed by atoms with Crippen molar-refractivity contribution in [3.8, 4) is 0 Å². The van der Waals surface area contributed by atoms with Gasteiger partial charge in [-0.05, 0) is 42.5 Å². The van der Waals surface area contributed by atoms with Crippen LogP contribution >= 0.6 is 0 Å². The quantitative estimate of drug-likeness (QED) is 0.526. The molecule has 0 aliphatic heterocycles. The van der Waals surface area contributed by atoms with E-state index in [0.29, 0.717) is 0 Å². The first-order valence-electron chi connectivity index (χ1n) is 12.0. The van der Waals surface area contributed by atoms with Crippen molar-refractivity contribution >= 4 is 17.7 Å². The maximum atomic E-state index is 13.6.